The first kappa shape index (κ1) is 23.4. The molecule has 0 spiro atoms. The van der Waals surface area contributed by atoms with Gasteiger partial charge in [0.1, 0.15) is 0 Å². The third-order valence-electron chi connectivity index (χ3n) is 8.76. The summed E-state index contributed by atoms with van der Waals surface area (Å²) in [7, 11) is 0. The molecule has 3 aliphatic heterocycles. The zero-order chi connectivity index (χ0) is 25.2. The molecule has 3 atom stereocenters. The van der Waals surface area contributed by atoms with Crippen LogP contribution in [-0.4, -0.2) is 17.7 Å². The van der Waals surface area contributed by atoms with Crippen LogP contribution < -0.4 is 9.47 Å². The van der Waals surface area contributed by atoms with E-state index < -0.39 is 0 Å². The Labute approximate surface area is 215 Å². The Morgan fingerprint density at radius 2 is 1.81 bits per heavy atom. The fourth-order valence-corrected chi connectivity index (χ4v) is 7.01. The van der Waals surface area contributed by atoms with Crippen LogP contribution in [0.4, 0.5) is 0 Å². The molecule has 0 aromatic heterocycles. The average molecular weight is 480 g/mol. The van der Waals surface area contributed by atoms with E-state index in [-0.39, 0.29) is 5.41 Å². The topological polar surface area (TPSA) is 21.7 Å². The molecule has 2 bridgehead atoms. The van der Waals surface area contributed by atoms with E-state index in [0.29, 0.717) is 24.8 Å². The Balaban J connectivity index is 1.48. The molecule has 0 N–H and O–H groups in total. The molecule has 1 fully saturated rings. The van der Waals surface area contributed by atoms with Crippen molar-refractivity contribution in [3.8, 4) is 22.6 Å². The molecule has 3 unspecified atom stereocenters. The fourth-order valence-electron chi connectivity index (χ4n) is 7.01. The van der Waals surface area contributed by atoms with Crippen molar-refractivity contribution < 1.29 is 9.47 Å². The van der Waals surface area contributed by atoms with Gasteiger partial charge in [0.15, 0.2) is 11.5 Å². The van der Waals surface area contributed by atoms with E-state index >= 15 is 0 Å². The second kappa shape index (κ2) is 8.52. The Morgan fingerprint density at radius 3 is 2.58 bits per heavy atom. The van der Waals surface area contributed by atoms with E-state index in [1.54, 1.807) is 5.56 Å². The minimum absolute atomic E-state index is 0.207. The van der Waals surface area contributed by atoms with Gasteiger partial charge in [-0.15, -0.1) is 6.58 Å². The largest absolute Gasteiger partial charge is 0.454 e. The van der Waals surface area contributed by atoms with E-state index in [4.69, 9.17) is 9.47 Å². The summed E-state index contributed by atoms with van der Waals surface area (Å²) in [5, 5.41) is 0. The van der Waals surface area contributed by atoms with Gasteiger partial charge in [0.25, 0.3) is 0 Å². The highest BCUT2D eigenvalue weighted by Gasteiger charge is 2.54. The number of fused-ring (bicyclic) bond motifs is 3. The molecule has 7 rings (SSSR count). The summed E-state index contributed by atoms with van der Waals surface area (Å²) in [4.78, 5) is 2.76. The van der Waals surface area contributed by atoms with E-state index in [0.717, 1.165) is 30.9 Å². The number of ether oxygens (including phenoxy) is 2. The number of aryl methyl sites for hydroxylation is 2. The summed E-state index contributed by atoms with van der Waals surface area (Å²) in [6, 6.07) is 21.2. The molecule has 3 aromatic carbocycles. The van der Waals surface area contributed by atoms with E-state index in [1.165, 1.54) is 39.0 Å². The number of benzene rings is 3. The van der Waals surface area contributed by atoms with Crippen LogP contribution in [0.3, 0.4) is 0 Å². The van der Waals surface area contributed by atoms with Gasteiger partial charge in [-0.05, 0) is 90.1 Å². The lowest BCUT2D eigenvalue weighted by atomic mass is 9.56. The van der Waals surface area contributed by atoms with Crippen LogP contribution in [0.25, 0.3) is 11.1 Å². The maximum absolute atomic E-state index is 5.70. The van der Waals surface area contributed by atoms with Crippen molar-refractivity contribution in [2.24, 2.45) is 5.41 Å². The summed E-state index contributed by atoms with van der Waals surface area (Å²) in [5.41, 5.74) is 11.3. The Hall–Kier alpha value is -3.04. The van der Waals surface area contributed by atoms with Crippen LogP contribution in [-0.2, 0) is 6.54 Å². The van der Waals surface area contributed by atoms with Crippen LogP contribution in [0.2, 0.25) is 0 Å². The average Bonchev–Trinajstić information content (AvgIpc) is 3.29. The fraction of sp³-hybridized carbons (Fsp3) is 0.394. The van der Waals surface area contributed by atoms with Crippen molar-refractivity contribution in [3.05, 3.63) is 94.6 Å². The van der Waals surface area contributed by atoms with Crippen LogP contribution in [0.5, 0.6) is 11.5 Å². The molecule has 3 heterocycles. The molecule has 36 heavy (non-hydrogen) atoms. The number of piperidine rings is 1. The summed E-state index contributed by atoms with van der Waals surface area (Å²) in [5.74, 6) is 2.15. The predicted molar refractivity (Wildman–Crippen MR) is 147 cm³/mol. The van der Waals surface area contributed by atoms with Gasteiger partial charge in [0.2, 0.25) is 6.79 Å². The van der Waals surface area contributed by atoms with Crippen LogP contribution >= 0.6 is 0 Å². The van der Waals surface area contributed by atoms with Gasteiger partial charge >= 0.3 is 0 Å². The lowest BCUT2D eigenvalue weighted by molar-refractivity contribution is -0.0310. The molecular formula is C33H37NO2. The summed E-state index contributed by atoms with van der Waals surface area (Å²) < 4.78 is 11.3. The van der Waals surface area contributed by atoms with Gasteiger partial charge in [0.05, 0.1) is 0 Å². The van der Waals surface area contributed by atoms with Crippen molar-refractivity contribution >= 4 is 0 Å². The SMILES string of the molecule is C=C(C)CC1C2c3c(-c4ccc(C)c(C)c4)cccc3C(CC2(C)C)N1Cc1ccc2c(c1)OCO2. The Morgan fingerprint density at radius 1 is 1.00 bits per heavy atom. The highest BCUT2D eigenvalue weighted by atomic mass is 16.7. The first-order chi connectivity index (χ1) is 17.2. The zero-order valence-corrected chi connectivity index (χ0v) is 22.2. The van der Waals surface area contributed by atoms with E-state index in [9.17, 15) is 0 Å². The van der Waals surface area contributed by atoms with Gasteiger partial charge in [0, 0.05) is 24.5 Å². The third kappa shape index (κ3) is 3.76. The highest BCUT2D eigenvalue weighted by Crippen LogP contribution is 2.62. The molecule has 3 aromatic rings. The minimum atomic E-state index is 0.207. The number of hydrogen-bond donors (Lipinski definition) is 0. The molecule has 1 saturated heterocycles. The zero-order valence-electron chi connectivity index (χ0n) is 22.2. The smallest absolute Gasteiger partial charge is 0.231 e. The van der Waals surface area contributed by atoms with E-state index in [1.807, 2.05) is 0 Å². The summed E-state index contributed by atoms with van der Waals surface area (Å²) in [6.07, 6.45) is 2.17. The Bertz CT molecular complexity index is 1350. The highest BCUT2D eigenvalue weighted by molar-refractivity contribution is 5.72. The van der Waals surface area contributed by atoms with Crippen molar-refractivity contribution in [2.75, 3.05) is 6.79 Å². The van der Waals surface area contributed by atoms with Crippen molar-refractivity contribution in [2.45, 2.75) is 72.0 Å². The first-order valence-electron chi connectivity index (χ1n) is 13.2. The normalized spacial score (nSPS) is 23.5. The van der Waals surface area contributed by atoms with Gasteiger partial charge in [-0.3, -0.25) is 4.90 Å². The van der Waals surface area contributed by atoms with Crippen LogP contribution in [0, 0.1) is 19.3 Å². The standard InChI is InChI=1S/C33H37NO2/c1-20(2)14-27-32-31-25(24-12-10-21(3)22(4)15-24)8-7-9-26(31)28(17-33(32,5)6)34(27)18-23-11-13-29-30(16-23)36-19-35-29/h7-13,15-16,27-28,32H,1,14,17-19H2,2-6H3. The summed E-state index contributed by atoms with van der Waals surface area (Å²) in [6.45, 7) is 17.1. The molecule has 0 saturated carbocycles. The van der Waals surface area contributed by atoms with Gasteiger partial charge in [-0.25, -0.2) is 0 Å². The third-order valence-corrected chi connectivity index (χ3v) is 8.76. The van der Waals surface area contributed by atoms with E-state index in [2.05, 4.69) is 101 Å². The number of nitrogens with zero attached hydrogens (tertiary/aromatic N) is 1. The number of rotatable bonds is 5. The first-order valence-corrected chi connectivity index (χ1v) is 13.2. The van der Waals surface area contributed by atoms with Crippen LogP contribution in [0.15, 0.2) is 66.7 Å². The molecule has 4 aliphatic rings. The number of hydrogen-bond acceptors (Lipinski definition) is 3. The second-order valence-corrected chi connectivity index (χ2v) is 11.9. The Kier molecular flexibility index (Phi) is 5.53. The maximum Gasteiger partial charge on any atom is 0.231 e. The van der Waals surface area contributed by atoms with Crippen LogP contribution in [0.1, 0.15) is 73.4 Å². The second-order valence-electron chi connectivity index (χ2n) is 11.9. The maximum atomic E-state index is 5.70. The molecule has 3 nitrogen and oxygen atoms in total. The lowest BCUT2D eigenvalue weighted by Crippen LogP contribution is -2.56. The minimum Gasteiger partial charge on any atom is -0.454 e. The predicted octanol–water partition coefficient (Wildman–Crippen LogP) is 8.10. The summed E-state index contributed by atoms with van der Waals surface area (Å²) >= 11 is 0. The molecule has 0 amide bonds. The van der Waals surface area contributed by atoms with Gasteiger partial charge < -0.3 is 9.47 Å². The monoisotopic (exact) mass is 479 g/mol. The lowest BCUT2D eigenvalue weighted by Gasteiger charge is -2.60. The molecule has 1 aliphatic carbocycles. The van der Waals surface area contributed by atoms with Crippen molar-refractivity contribution in [1.29, 1.82) is 0 Å². The molecule has 3 heteroatoms. The van der Waals surface area contributed by atoms with Gasteiger partial charge in [-0.1, -0.05) is 61.9 Å². The molecule has 186 valence electrons. The van der Waals surface area contributed by atoms with Crippen molar-refractivity contribution in [3.63, 3.8) is 0 Å². The molecular weight excluding hydrogens is 442 g/mol. The van der Waals surface area contributed by atoms with Gasteiger partial charge in [-0.2, -0.15) is 0 Å². The van der Waals surface area contributed by atoms with Crippen molar-refractivity contribution in [1.82, 2.24) is 4.90 Å². The quantitative estimate of drug-likeness (QED) is 0.345. The molecule has 0 radical (unpaired) electrons.